The molecule has 3 rings (SSSR count). The lowest BCUT2D eigenvalue weighted by molar-refractivity contribution is -0.123. The number of hydrogen-bond acceptors (Lipinski definition) is 7. The predicted molar refractivity (Wildman–Crippen MR) is 112 cm³/mol. The summed E-state index contributed by atoms with van der Waals surface area (Å²) in [5.41, 5.74) is 0.517. The lowest BCUT2D eigenvalue weighted by Gasteiger charge is -2.18. The van der Waals surface area contributed by atoms with E-state index in [9.17, 15) is 9.59 Å². The van der Waals surface area contributed by atoms with Gasteiger partial charge in [-0.1, -0.05) is 30.0 Å². The summed E-state index contributed by atoms with van der Waals surface area (Å²) in [6, 6.07) is 5.23. The van der Waals surface area contributed by atoms with E-state index in [0.29, 0.717) is 39.2 Å². The third kappa shape index (κ3) is 3.90. The number of anilines is 1. The summed E-state index contributed by atoms with van der Waals surface area (Å²) in [5.74, 6) is 0.174. The molecule has 0 aromatic carbocycles. The van der Waals surface area contributed by atoms with Gasteiger partial charge in [-0.3, -0.25) is 18.9 Å². The van der Waals surface area contributed by atoms with Crippen LogP contribution in [0.2, 0.25) is 0 Å². The van der Waals surface area contributed by atoms with Crippen LogP contribution in [-0.4, -0.2) is 48.8 Å². The number of carbonyl (C=O) groups is 1. The number of aliphatic hydroxyl groups excluding tert-OH is 1. The van der Waals surface area contributed by atoms with Gasteiger partial charge < -0.3 is 10.4 Å². The maximum atomic E-state index is 13.0. The lowest BCUT2D eigenvalue weighted by atomic mass is 10.2. The molecular weight excluding hydrogens is 384 g/mol. The van der Waals surface area contributed by atoms with Crippen LogP contribution < -0.4 is 10.9 Å². The zero-order valence-corrected chi connectivity index (χ0v) is 16.6. The first kappa shape index (κ1) is 19.5. The van der Waals surface area contributed by atoms with Crippen LogP contribution in [-0.2, 0) is 4.79 Å². The Labute approximate surface area is 166 Å². The van der Waals surface area contributed by atoms with Crippen molar-refractivity contribution in [2.24, 2.45) is 0 Å². The van der Waals surface area contributed by atoms with E-state index in [1.807, 2.05) is 13.8 Å². The average Bonchev–Trinajstić information content (AvgIpc) is 2.92. The van der Waals surface area contributed by atoms with Gasteiger partial charge in [0, 0.05) is 25.4 Å². The Bertz CT molecular complexity index is 984. The third-order valence-corrected chi connectivity index (χ3v) is 5.34. The van der Waals surface area contributed by atoms with Crippen LogP contribution >= 0.6 is 24.0 Å². The standard InChI is InChI=1S/C18H20N4O3S2/c1-11(2)22-17(25)13(27-18(22)26)10-12-15(19-7-5-9-23)20-14-6-3-4-8-21(14)16(12)24/h3-4,6,8,10-11,19,23H,5,7,9H2,1-2H3/b13-10+. The molecule has 27 heavy (non-hydrogen) atoms. The van der Waals surface area contributed by atoms with Crippen molar-refractivity contribution in [2.75, 3.05) is 18.5 Å². The van der Waals surface area contributed by atoms with Crippen LogP contribution in [0.15, 0.2) is 34.1 Å². The molecule has 2 aromatic rings. The maximum Gasteiger partial charge on any atom is 0.267 e. The van der Waals surface area contributed by atoms with E-state index in [1.54, 1.807) is 30.5 Å². The number of nitrogens with zero attached hydrogens (tertiary/aromatic N) is 3. The van der Waals surface area contributed by atoms with E-state index in [1.165, 1.54) is 21.1 Å². The number of carbonyl (C=O) groups excluding carboxylic acids is 1. The number of hydrogen-bond donors (Lipinski definition) is 2. The summed E-state index contributed by atoms with van der Waals surface area (Å²) >= 11 is 6.48. The number of thiocarbonyl (C=S) groups is 1. The second-order valence-corrected chi connectivity index (χ2v) is 7.93. The van der Waals surface area contributed by atoms with E-state index >= 15 is 0 Å². The van der Waals surface area contributed by atoms with Gasteiger partial charge in [-0.25, -0.2) is 4.98 Å². The molecule has 0 atom stereocenters. The molecule has 1 fully saturated rings. The Hall–Kier alpha value is -2.23. The molecule has 0 saturated carbocycles. The van der Waals surface area contributed by atoms with Crippen molar-refractivity contribution in [2.45, 2.75) is 26.3 Å². The lowest BCUT2D eigenvalue weighted by Crippen LogP contribution is -2.34. The number of thioether (sulfide) groups is 1. The molecule has 0 radical (unpaired) electrons. The number of aromatic nitrogens is 2. The first-order chi connectivity index (χ1) is 12.9. The molecule has 0 bridgehead atoms. The fraction of sp³-hybridized carbons (Fsp3) is 0.333. The second kappa shape index (κ2) is 8.20. The zero-order valence-electron chi connectivity index (χ0n) is 15.0. The molecule has 1 saturated heterocycles. The highest BCUT2D eigenvalue weighted by atomic mass is 32.2. The van der Waals surface area contributed by atoms with Gasteiger partial charge in [-0.15, -0.1) is 0 Å². The van der Waals surface area contributed by atoms with Gasteiger partial charge >= 0.3 is 0 Å². The van der Waals surface area contributed by atoms with Crippen LogP contribution in [0.5, 0.6) is 0 Å². The van der Waals surface area contributed by atoms with Gasteiger partial charge in [-0.05, 0) is 38.5 Å². The zero-order chi connectivity index (χ0) is 19.6. The SMILES string of the molecule is CC(C)N1C(=O)/C(=C\c2c(NCCCO)nc3ccccn3c2=O)SC1=S. The van der Waals surface area contributed by atoms with Gasteiger partial charge in [0.25, 0.3) is 11.5 Å². The molecule has 0 spiro atoms. The Morgan fingerprint density at radius 1 is 1.37 bits per heavy atom. The van der Waals surface area contributed by atoms with E-state index in [-0.39, 0.29) is 24.1 Å². The van der Waals surface area contributed by atoms with E-state index in [0.717, 1.165) is 0 Å². The van der Waals surface area contributed by atoms with E-state index in [2.05, 4.69) is 10.3 Å². The summed E-state index contributed by atoms with van der Waals surface area (Å²) in [6.07, 6.45) is 3.71. The van der Waals surface area contributed by atoms with Crippen LogP contribution in [0.1, 0.15) is 25.8 Å². The van der Waals surface area contributed by atoms with Crippen molar-refractivity contribution < 1.29 is 9.90 Å². The van der Waals surface area contributed by atoms with Crippen molar-refractivity contribution >= 4 is 51.7 Å². The summed E-state index contributed by atoms with van der Waals surface area (Å²) in [7, 11) is 0. The molecule has 1 aliphatic heterocycles. The van der Waals surface area contributed by atoms with Gasteiger partial charge in [-0.2, -0.15) is 0 Å². The monoisotopic (exact) mass is 404 g/mol. The Kier molecular flexibility index (Phi) is 5.93. The normalized spacial score (nSPS) is 16.1. The first-order valence-electron chi connectivity index (χ1n) is 8.57. The van der Waals surface area contributed by atoms with E-state index in [4.69, 9.17) is 17.3 Å². The van der Waals surface area contributed by atoms with Crippen LogP contribution in [0, 0.1) is 0 Å². The highest BCUT2D eigenvalue weighted by molar-refractivity contribution is 8.26. The maximum absolute atomic E-state index is 13.0. The number of rotatable bonds is 6. The van der Waals surface area contributed by atoms with Crippen molar-refractivity contribution in [3.05, 3.63) is 45.2 Å². The molecular formula is C18H20N4O3S2. The second-order valence-electron chi connectivity index (χ2n) is 6.26. The van der Waals surface area contributed by atoms with Crippen molar-refractivity contribution in [3.63, 3.8) is 0 Å². The summed E-state index contributed by atoms with van der Waals surface area (Å²) < 4.78 is 1.91. The number of amides is 1. The molecule has 142 valence electrons. The van der Waals surface area contributed by atoms with Crippen LogP contribution in [0.3, 0.4) is 0 Å². The minimum atomic E-state index is -0.276. The van der Waals surface area contributed by atoms with Gasteiger partial charge in [0.15, 0.2) is 0 Å². The molecule has 1 amide bonds. The third-order valence-electron chi connectivity index (χ3n) is 4.01. The number of nitrogens with one attached hydrogen (secondary N) is 1. The largest absolute Gasteiger partial charge is 0.396 e. The number of pyridine rings is 1. The molecule has 2 aromatic heterocycles. The molecule has 9 heteroatoms. The quantitative estimate of drug-likeness (QED) is 0.433. The van der Waals surface area contributed by atoms with Crippen LogP contribution in [0.4, 0.5) is 5.82 Å². The highest BCUT2D eigenvalue weighted by Gasteiger charge is 2.34. The smallest absolute Gasteiger partial charge is 0.267 e. The fourth-order valence-corrected chi connectivity index (χ4v) is 4.22. The fourth-order valence-electron chi connectivity index (χ4n) is 2.71. The molecule has 0 aliphatic carbocycles. The van der Waals surface area contributed by atoms with Crippen LogP contribution in [0.25, 0.3) is 11.7 Å². The minimum absolute atomic E-state index is 0.0297. The first-order valence-corrected chi connectivity index (χ1v) is 9.79. The number of fused-ring (bicyclic) bond motifs is 1. The van der Waals surface area contributed by atoms with Gasteiger partial charge in [0.1, 0.15) is 15.8 Å². The molecule has 7 nitrogen and oxygen atoms in total. The van der Waals surface area contributed by atoms with Crippen molar-refractivity contribution in [1.29, 1.82) is 0 Å². The average molecular weight is 405 g/mol. The highest BCUT2D eigenvalue weighted by Crippen LogP contribution is 2.34. The molecule has 1 aliphatic rings. The summed E-state index contributed by atoms with van der Waals surface area (Å²) in [4.78, 5) is 32.1. The van der Waals surface area contributed by atoms with Crippen molar-refractivity contribution in [1.82, 2.24) is 14.3 Å². The predicted octanol–water partition coefficient (Wildman–Crippen LogP) is 2.10. The van der Waals surface area contributed by atoms with Crippen molar-refractivity contribution in [3.8, 4) is 0 Å². The Morgan fingerprint density at radius 3 is 2.81 bits per heavy atom. The molecule has 2 N–H and O–H groups in total. The van der Waals surface area contributed by atoms with E-state index < -0.39 is 0 Å². The summed E-state index contributed by atoms with van der Waals surface area (Å²) in [5, 5.41) is 12.1. The Morgan fingerprint density at radius 2 is 2.15 bits per heavy atom. The topological polar surface area (TPSA) is 86.9 Å². The molecule has 0 unspecified atom stereocenters. The van der Waals surface area contributed by atoms with Gasteiger partial charge in [0.05, 0.1) is 10.5 Å². The number of aliphatic hydroxyl groups is 1. The Balaban J connectivity index is 2.10. The summed E-state index contributed by atoms with van der Waals surface area (Å²) in [6.45, 7) is 4.27. The van der Waals surface area contributed by atoms with Gasteiger partial charge in [0.2, 0.25) is 0 Å². The minimum Gasteiger partial charge on any atom is -0.396 e. The molecule has 3 heterocycles.